The average molecular weight is 733 g/mol. The molecule has 9 nitrogen and oxygen atoms in total. The summed E-state index contributed by atoms with van der Waals surface area (Å²) in [5.74, 6) is 0.140. The molecule has 5 rings (SSSR count). The van der Waals surface area contributed by atoms with Crippen molar-refractivity contribution >= 4 is 74.3 Å². The Labute approximate surface area is 273 Å². The average Bonchev–Trinajstić information content (AvgIpc) is 3.47. The van der Waals surface area contributed by atoms with E-state index in [-0.39, 0.29) is 39.8 Å². The summed E-state index contributed by atoms with van der Waals surface area (Å²) in [6.07, 6.45) is 4.57. The molecule has 1 aliphatic rings. The number of nitrogens with zero attached hydrogens (tertiary/aromatic N) is 5. The van der Waals surface area contributed by atoms with Gasteiger partial charge in [0.1, 0.15) is 24.1 Å². The molecule has 1 fully saturated rings. The van der Waals surface area contributed by atoms with Gasteiger partial charge in [-0.2, -0.15) is 5.10 Å². The van der Waals surface area contributed by atoms with Crippen molar-refractivity contribution in [3.8, 4) is 11.1 Å². The summed E-state index contributed by atoms with van der Waals surface area (Å²) >= 11 is 14.5. The van der Waals surface area contributed by atoms with Crippen LogP contribution in [0.5, 0.6) is 0 Å². The molecule has 12 heteroatoms. The second-order valence-corrected chi connectivity index (χ2v) is 13.1. The molecule has 1 saturated heterocycles. The number of Topliss-reactive ketones (excluding diaryl/α,β-unsaturated/α-hetero) is 1. The van der Waals surface area contributed by atoms with E-state index in [4.69, 9.17) is 23.2 Å². The fourth-order valence-electron chi connectivity index (χ4n) is 5.55. The van der Waals surface area contributed by atoms with E-state index in [1.807, 2.05) is 39.0 Å². The van der Waals surface area contributed by atoms with E-state index in [9.17, 15) is 14.4 Å². The largest absolute Gasteiger partial charge is 0.354 e. The first-order chi connectivity index (χ1) is 20.4. The van der Waals surface area contributed by atoms with Crippen LogP contribution in [0.25, 0.3) is 22.0 Å². The molecule has 0 radical (unpaired) electrons. The first kappa shape index (κ1) is 31.3. The van der Waals surface area contributed by atoms with E-state index < -0.39 is 6.04 Å². The van der Waals surface area contributed by atoms with Gasteiger partial charge in [-0.1, -0.05) is 58.8 Å². The molecule has 0 bridgehead atoms. The predicted octanol–water partition coefficient (Wildman–Crippen LogP) is 5.98. The van der Waals surface area contributed by atoms with Gasteiger partial charge in [0.15, 0.2) is 5.78 Å². The molecule has 2 aromatic heterocycles. The monoisotopic (exact) mass is 732 g/mol. The van der Waals surface area contributed by atoms with Gasteiger partial charge < -0.3 is 10.2 Å². The number of likely N-dealkylation sites (tertiary alicyclic amines) is 1. The van der Waals surface area contributed by atoms with Gasteiger partial charge in [-0.3, -0.25) is 19.1 Å². The minimum Gasteiger partial charge on any atom is -0.354 e. The number of halogens is 3. The second kappa shape index (κ2) is 12.9. The zero-order valence-corrected chi connectivity index (χ0v) is 27.9. The Hall–Kier alpha value is -3.09. The van der Waals surface area contributed by atoms with Gasteiger partial charge in [0, 0.05) is 46.9 Å². The summed E-state index contributed by atoms with van der Waals surface area (Å²) in [6.45, 7) is 7.52. The zero-order chi connectivity index (χ0) is 31.0. The van der Waals surface area contributed by atoms with E-state index >= 15 is 0 Å². The van der Waals surface area contributed by atoms with Gasteiger partial charge >= 0.3 is 0 Å². The van der Waals surface area contributed by atoms with Crippen LogP contribution in [0.4, 0.5) is 0 Å². The third-order valence-electron chi connectivity index (χ3n) is 7.73. The molecule has 2 amide bonds. The van der Waals surface area contributed by atoms with Crippen LogP contribution in [-0.2, 0) is 22.6 Å². The molecular weight excluding hydrogens is 702 g/mol. The fourth-order valence-corrected chi connectivity index (χ4v) is 7.05. The summed E-state index contributed by atoms with van der Waals surface area (Å²) in [7, 11) is 0. The number of hydrogen-bond donors (Lipinski definition) is 1. The SMILES string of the molecule is CC(=O)c1nn(CC(=O)N2[C@H](I)[C@@H](C)C[C@H]2C(=O)NCCc2ccc(Cl)cc2Cl)c2c(C)cc(-c3cnc(C)nc3)cc12. The van der Waals surface area contributed by atoms with Crippen LogP contribution in [0.15, 0.2) is 42.7 Å². The fraction of sp³-hybridized carbons (Fsp3) is 0.355. The van der Waals surface area contributed by atoms with E-state index in [0.717, 1.165) is 22.3 Å². The van der Waals surface area contributed by atoms with Crippen molar-refractivity contribution in [1.29, 1.82) is 0 Å². The van der Waals surface area contributed by atoms with E-state index in [0.29, 0.717) is 46.2 Å². The summed E-state index contributed by atoms with van der Waals surface area (Å²) < 4.78 is 1.41. The normalized spacial score (nSPS) is 18.3. The number of ketones is 1. The van der Waals surface area contributed by atoms with Crippen molar-refractivity contribution < 1.29 is 14.4 Å². The number of aryl methyl sites for hydroxylation is 2. The molecule has 1 N–H and O–H groups in total. The van der Waals surface area contributed by atoms with Crippen LogP contribution < -0.4 is 5.32 Å². The van der Waals surface area contributed by atoms with Crippen LogP contribution in [0.3, 0.4) is 0 Å². The standard InChI is InChI=1S/C31H31Cl2IN6O3/c1-16-9-21(22-13-36-19(4)37-14-22)11-24-28(18(3)41)38-39(29(16)24)15-27(42)40-26(10-17(2)30(40)34)31(43)35-8-7-20-5-6-23(32)12-25(20)33/h5-6,9,11-14,17,26,30H,7-8,10,15H2,1-4H3,(H,35,43)/t17-,26-,30-/m0/s1. The van der Waals surface area contributed by atoms with E-state index in [1.165, 1.54) is 6.92 Å². The molecule has 2 aromatic carbocycles. The van der Waals surface area contributed by atoms with Gasteiger partial charge in [-0.25, -0.2) is 9.97 Å². The summed E-state index contributed by atoms with van der Waals surface area (Å²) in [5, 5.41) is 9.33. The highest BCUT2D eigenvalue weighted by atomic mass is 127. The number of fused-ring (bicyclic) bond motifs is 1. The molecule has 0 unspecified atom stereocenters. The van der Waals surface area contributed by atoms with Crippen LogP contribution in [-0.4, -0.2) is 58.9 Å². The first-order valence-electron chi connectivity index (χ1n) is 13.9. The van der Waals surface area contributed by atoms with E-state index in [1.54, 1.807) is 34.1 Å². The number of hydrogen-bond acceptors (Lipinski definition) is 6. The lowest BCUT2D eigenvalue weighted by Gasteiger charge is -2.27. The van der Waals surface area contributed by atoms with Gasteiger partial charge in [0.05, 0.1) is 9.57 Å². The molecule has 0 aliphatic carbocycles. The highest BCUT2D eigenvalue weighted by molar-refractivity contribution is 14.1. The maximum atomic E-state index is 13.9. The minimum absolute atomic E-state index is 0.103. The molecule has 4 aromatic rings. The maximum Gasteiger partial charge on any atom is 0.245 e. The Balaban J connectivity index is 1.38. The molecule has 3 atom stereocenters. The predicted molar refractivity (Wildman–Crippen MR) is 176 cm³/mol. The number of carbonyl (C=O) groups excluding carboxylic acids is 3. The lowest BCUT2D eigenvalue weighted by Crippen LogP contribution is -2.49. The number of carbonyl (C=O) groups is 3. The molecular formula is C31H31Cl2IN6O3. The highest BCUT2D eigenvalue weighted by Gasteiger charge is 2.44. The Morgan fingerprint density at radius 1 is 1.07 bits per heavy atom. The molecule has 3 heterocycles. The lowest BCUT2D eigenvalue weighted by molar-refractivity contribution is -0.139. The third-order valence-corrected chi connectivity index (χ3v) is 10.1. The number of aromatic nitrogens is 4. The minimum atomic E-state index is -0.617. The molecule has 224 valence electrons. The van der Waals surface area contributed by atoms with Crippen LogP contribution in [0, 0.1) is 19.8 Å². The van der Waals surface area contributed by atoms with Gasteiger partial charge in [0.25, 0.3) is 0 Å². The summed E-state index contributed by atoms with van der Waals surface area (Å²) in [6, 6.07) is 8.53. The van der Waals surface area contributed by atoms with Crippen molar-refractivity contribution in [2.45, 2.75) is 57.2 Å². The molecule has 1 aliphatic heterocycles. The van der Waals surface area contributed by atoms with Gasteiger partial charge in [-0.15, -0.1) is 0 Å². The number of rotatable bonds is 8. The maximum absolute atomic E-state index is 13.9. The molecule has 0 saturated carbocycles. The molecule has 43 heavy (non-hydrogen) atoms. The summed E-state index contributed by atoms with van der Waals surface area (Å²) in [5.41, 5.74) is 4.41. The Bertz CT molecular complexity index is 1730. The molecule has 0 spiro atoms. The lowest BCUT2D eigenvalue weighted by atomic mass is 10.0. The van der Waals surface area contributed by atoms with Crippen molar-refractivity contribution in [3.63, 3.8) is 0 Å². The van der Waals surface area contributed by atoms with E-state index in [2.05, 4.69) is 43.0 Å². The van der Waals surface area contributed by atoms with Crippen LogP contribution in [0.1, 0.15) is 47.7 Å². The number of amides is 2. The zero-order valence-electron chi connectivity index (χ0n) is 24.2. The van der Waals surface area contributed by atoms with Crippen molar-refractivity contribution in [2.75, 3.05) is 6.54 Å². The topological polar surface area (TPSA) is 110 Å². The van der Waals surface area contributed by atoms with Crippen LogP contribution >= 0.6 is 45.8 Å². The Morgan fingerprint density at radius 2 is 1.79 bits per heavy atom. The van der Waals surface area contributed by atoms with Gasteiger partial charge in [0.2, 0.25) is 11.8 Å². The quantitative estimate of drug-likeness (QED) is 0.103. The third kappa shape index (κ3) is 6.56. The highest BCUT2D eigenvalue weighted by Crippen LogP contribution is 2.35. The Kier molecular flexibility index (Phi) is 9.38. The number of alkyl halides is 1. The number of nitrogens with one attached hydrogen (secondary N) is 1. The van der Waals surface area contributed by atoms with Gasteiger partial charge in [-0.05, 0) is 73.6 Å². The Morgan fingerprint density at radius 3 is 2.47 bits per heavy atom. The van der Waals surface area contributed by atoms with Crippen LogP contribution in [0.2, 0.25) is 10.0 Å². The smallest absolute Gasteiger partial charge is 0.245 e. The first-order valence-corrected chi connectivity index (χ1v) is 15.9. The van der Waals surface area contributed by atoms with Crippen molar-refractivity contribution in [3.05, 3.63) is 75.4 Å². The van der Waals surface area contributed by atoms with Crippen molar-refractivity contribution in [1.82, 2.24) is 30.0 Å². The summed E-state index contributed by atoms with van der Waals surface area (Å²) in [4.78, 5) is 50.1. The number of benzene rings is 2. The second-order valence-electron chi connectivity index (χ2n) is 10.9. The van der Waals surface area contributed by atoms with Crippen molar-refractivity contribution in [2.24, 2.45) is 5.92 Å².